The fourth-order valence-electron chi connectivity index (χ4n) is 3.56. The SMILES string of the molecule is CCn1c(-c2ccccc2)nn(CN2CCN(CC(=O)NC(C)(C)C)CC2)c1=S. The molecule has 1 aromatic carbocycles. The molecule has 2 heterocycles. The number of carbonyl (C=O) groups is 1. The molecule has 0 unspecified atom stereocenters. The van der Waals surface area contributed by atoms with Crippen molar-refractivity contribution < 1.29 is 4.79 Å². The van der Waals surface area contributed by atoms with Crippen molar-refractivity contribution in [1.82, 2.24) is 29.5 Å². The molecule has 0 spiro atoms. The third kappa shape index (κ3) is 5.74. The van der Waals surface area contributed by atoms with Crippen LogP contribution in [0.4, 0.5) is 0 Å². The van der Waals surface area contributed by atoms with Crippen LogP contribution in [0.15, 0.2) is 30.3 Å². The van der Waals surface area contributed by atoms with Crippen LogP contribution < -0.4 is 5.32 Å². The number of carbonyl (C=O) groups excluding carboxylic acids is 1. The Balaban J connectivity index is 1.60. The van der Waals surface area contributed by atoms with Gasteiger partial charge in [-0.2, -0.15) is 5.10 Å². The smallest absolute Gasteiger partial charge is 0.234 e. The van der Waals surface area contributed by atoms with Gasteiger partial charge in [0.05, 0.1) is 13.2 Å². The third-order valence-corrected chi connectivity index (χ3v) is 5.38. The van der Waals surface area contributed by atoms with Crippen LogP contribution in [0.3, 0.4) is 0 Å². The topological polar surface area (TPSA) is 58.3 Å². The first-order chi connectivity index (χ1) is 13.8. The van der Waals surface area contributed by atoms with Crippen LogP contribution in [0.2, 0.25) is 0 Å². The minimum atomic E-state index is -0.191. The summed E-state index contributed by atoms with van der Waals surface area (Å²) < 4.78 is 4.75. The second kappa shape index (κ2) is 9.19. The molecule has 1 aliphatic rings. The average Bonchev–Trinajstić information content (AvgIpc) is 2.98. The second-order valence-corrected chi connectivity index (χ2v) is 8.91. The fourth-order valence-corrected chi connectivity index (χ4v) is 3.87. The molecule has 1 amide bonds. The van der Waals surface area contributed by atoms with Crippen molar-refractivity contribution in [2.75, 3.05) is 32.7 Å². The lowest BCUT2D eigenvalue weighted by Crippen LogP contribution is -2.51. The maximum Gasteiger partial charge on any atom is 0.234 e. The maximum absolute atomic E-state index is 12.2. The minimum Gasteiger partial charge on any atom is -0.350 e. The van der Waals surface area contributed by atoms with Crippen molar-refractivity contribution in [3.63, 3.8) is 0 Å². The van der Waals surface area contributed by atoms with E-state index in [1.54, 1.807) is 0 Å². The molecule has 1 fully saturated rings. The van der Waals surface area contributed by atoms with Gasteiger partial charge in [0.2, 0.25) is 5.91 Å². The van der Waals surface area contributed by atoms with Crippen LogP contribution in [0.5, 0.6) is 0 Å². The van der Waals surface area contributed by atoms with Crippen LogP contribution in [0, 0.1) is 4.77 Å². The van der Waals surface area contributed by atoms with E-state index in [9.17, 15) is 4.79 Å². The van der Waals surface area contributed by atoms with E-state index in [-0.39, 0.29) is 11.4 Å². The predicted octanol–water partition coefficient (Wildman–Crippen LogP) is 2.59. The number of nitrogens with zero attached hydrogens (tertiary/aromatic N) is 5. The fraction of sp³-hybridized carbons (Fsp3) is 0.571. The van der Waals surface area contributed by atoms with Gasteiger partial charge in [-0.1, -0.05) is 30.3 Å². The lowest BCUT2D eigenvalue weighted by Gasteiger charge is -2.34. The first kappa shape index (κ1) is 21.7. The number of hydrogen-bond acceptors (Lipinski definition) is 5. The number of nitrogens with one attached hydrogen (secondary N) is 1. The lowest BCUT2D eigenvalue weighted by molar-refractivity contribution is -0.124. The molecule has 2 aromatic rings. The minimum absolute atomic E-state index is 0.0855. The number of benzene rings is 1. The zero-order valence-electron chi connectivity index (χ0n) is 17.9. The molecule has 8 heteroatoms. The van der Waals surface area contributed by atoms with Gasteiger partial charge >= 0.3 is 0 Å². The Morgan fingerprint density at radius 2 is 1.72 bits per heavy atom. The summed E-state index contributed by atoms with van der Waals surface area (Å²) in [4.78, 5) is 16.7. The maximum atomic E-state index is 12.2. The van der Waals surface area contributed by atoms with Crippen molar-refractivity contribution in [2.45, 2.75) is 46.4 Å². The van der Waals surface area contributed by atoms with Crippen molar-refractivity contribution in [3.05, 3.63) is 35.1 Å². The molecule has 29 heavy (non-hydrogen) atoms. The van der Waals surface area contributed by atoms with Gasteiger partial charge in [0, 0.05) is 43.8 Å². The van der Waals surface area contributed by atoms with E-state index in [1.165, 1.54) is 0 Å². The summed E-state index contributed by atoms with van der Waals surface area (Å²) in [5, 5.41) is 7.84. The van der Waals surface area contributed by atoms with Gasteiger partial charge in [0.25, 0.3) is 0 Å². The zero-order chi connectivity index (χ0) is 21.0. The molecule has 1 aliphatic heterocycles. The van der Waals surface area contributed by atoms with Crippen molar-refractivity contribution in [2.24, 2.45) is 0 Å². The standard InChI is InChI=1S/C21H32N6OS/c1-5-26-19(17-9-7-6-8-10-17)23-27(20(26)29)16-25-13-11-24(12-14-25)15-18(28)22-21(2,3)4/h6-10H,5,11-16H2,1-4H3,(H,22,28). The highest BCUT2D eigenvalue weighted by Crippen LogP contribution is 2.18. The van der Waals surface area contributed by atoms with E-state index in [4.69, 9.17) is 17.3 Å². The Kier molecular flexibility index (Phi) is 6.87. The van der Waals surface area contributed by atoms with Gasteiger partial charge in [-0.05, 0) is 39.9 Å². The summed E-state index contributed by atoms with van der Waals surface area (Å²) in [6.07, 6.45) is 0. The average molecular weight is 417 g/mol. The quantitative estimate of drug-likeness (QED) is 0.734. The first-order valence-electron chi connectivity index (χ1n) is 10.3. The van der Waals surface area contributed by atoms with Gasteiger partial charge in [0.15, 0.2) is 10.6 Å². The summed E-state index contributed by atoms with van der Waals surface area (Å²) in [6.45, 7) is 13.5. The van der Waals surface area contributed by atoms with Crippen molar-refractivity contribution in [3.8, 4) is 11.4 Å². The van der Waals surface area contributed by atoms with E-state index < -0.39 is 0 Å². The Morgan fingerprint density at radius 3 is 2.31 bits per heavy atom. The van der Waals surface area contributed by atoms with Crippen LogP contribution in [-0.4, -0.2) is 68.3 Å². The molecular weight excluding hydrogens is 384 g/mol. The van der Waals surface area contributed by atoms with Crippen molar-refractivity contribution >= 4 is 18.1 Å². The molecule has 0 bridgehead atoms. The molecule has 1 aromatic heterocycles. The summed E-state index contributed by atoms with van der Waals surface area (Å²) in [5.74, 6) is 0.998. The first-order valence-corrected chi connectivity index (χ1v) is 10.7. The number of rotatable bonds is 6. The Hall–Kier alpha value is -2.03. The molecule has 0 saturated carbocycles. The van der Waals surface area contributed by atoms with Gasteiger partial charge in [-0.15, -0.1) is 0 Å². The van der Waals surface area contributed by atoms with E-state index in [2.05, 4.69) is 38.7 Å². The molecular formula is C21H32N6OS. The molecule has 3 rings (SSSR count). The molecule has 0 aliphatic carbocycles. The molecule has 0 atom stereocenters. The van der Waals surface area contributed by atoms with Crippen molar-refractivity contribution in [1.29, 1.82) is 0 Å². The van der Waals surface area contributed by atoms with E-state index >= 15 is 0 Å². The number of piperazine rings is 1. The molecule has 1 saturated heterocycles. The van der Waals surface area contributed by atoms with Gasteiger partial charge in [-0.25, -0.2) is 4.68 Å². The lowest BCUT2D eigenvalue weighted by atomic mass is 10.1. The predicted molar refractivity (Wildman–Crippen MR) is 118 cm³/mol. The monoisotopic (exact) mass is 416 g/mol. The largest absolute Gasteiger partial charge is 0.350 e. The highest BCUT2D eigenvalue weighted by atomic mass is 32.1. The molecule has 0 radical (unpaired) electrons. The summed E-state index contributed by atoms with van der Waals surface area (Å²) >= 11 is 5.68. The Morgan fingerprint density at radius 1 is 1.10 bits per heavy atom. The molecule has 1 N–H and O–H groups in total. The summed E-state index contributed by atoms with van der Waals surface area (Å²) in [5.41, 5.74) is 0.887. The highest BCUT2D eigenvalue weighted by molar-refractivity contribution is 7.71. The van der Waals surface area contributed by atoms with Crippen LogP contribution >= 0.6 is 12.2 Å². The summed E-state index contributed by atoms with van der Waals surface area (Å²) in [7, 11) is 0. The van der Waals surface area contributed by atoms with Gasteiger partial charge in [0.1, 0.15) is 0 Å². The normalized spacial score (nSPS) is 16.1. The number of amides is 1. The summed E-state index contributed by atoms with van der Waals surface area (Å²) in [6, 6.07) is 10.2. The third-order valence-electron chi connectivity index (χ3n) is 4.95. The molecule has 158 valence electrons. The van der Waals surface area contributed by atoms with Gasteiger partial charge in [-0.3, -0.25) is 14.6 Å². The van der Waals surface area contributed by atoms with Gasteiger partial charge < -0.3 is 9.88 Å². The second-order valence-electron chi connectivity index (χ2n) is 8.55. The van der Waals surface area contributed by atoms with Crippen LogP contribution in [-0.2, 0) is 18.0 Å². The zero-order valence-corrected chi connectivity index (χ0v) is 18.7. The Labute approximate surface area is 178 Å². The van der Waals surface area contributed by atoms with E-state index in [0.29, 0.717) is 13.2 Å². The van der Waals surface area contributed by atoms with E-state index in [0.717, 1.165) is 48.9 Å². The molecule has 7 nitrogen and oxygen atoms in total. The highest BCUT2D eigenvalue weighted by Gasteiger charge is 2.22. The van der Waals surface area contributed by atoms with Crippen LogP contribution in [0.25, 0.3) is 11.4 Å². The number of aromatic nitrogens is 3. The van der Waals surface area contributed by atoms with Crippen LogP contribution in [0.1, 0.15) is 27.7 Å². The Bertz CT molecular complexity index is 875. The number of hydrogen-bond donors (Lipinski definition) is 1. The van der Waals surface area contributed by atoms with E-state index in [1.807, 2.05) is 43.7 Å².